The Balaban J connectivity index is 2.64. The molecule has 0 spiro atoms. The molecule has 4 heteroatoms. The van der Waals surface area contributed by atoms with Crippen LogP contribution in [0.3, 0.4) is 0 Å². The summed E-state index contributed by atoms with van der Waals surface area (Å²) in [5, 5.41) is 3.79. The third kappa shape index (κ3) is 0.753. The molecule has 0 amide bonds. The van der Waals surface area contributed by atoms with Gasteiger partial charge in [-0.1, -0.05) is 0 Å². The van der Waals surface area contributed by atoms with Crippen LogP contribution in [-0.4, -0.2) is 23.3 Å². The van der Waals surface area contributed by atoms with Gasteiger partial charge in [-0.05, 0) is 6.92 Å². The van der Waals surface area contributed by atoms with E-state index in [9.17, 15) is 0 Å². The van der Waals surface area contributed by atoms with E-state index < -0.39 is 0 Å². The lowest BCUT2D eigenvalue weighted by molar-refractivity contribution is 0.341. The molecule has 0 radical (unpaired) electrons. The summed E-state index contributed by atoms with van der Waals surface area (Å²) < 4.78 is 0. The first-order valence-corrected chi connectivity index (χ1v) is 2.83. The lowest BCUT2D eigenvalue weighted by Crippen LogP contribution is -2.41. The number of hydrogen-bond donors (Lipinski definition) is 2. The largest absolute Gasteiger partial charge is 0.332 e. The maximum Gasteiger partial charge on any atom is 0.169 e. The molecule has 46 valence electrons. The Morgan fingerprint density at radius 3 is 2.62 bits per heavy atom. The van der Waals surface area contributed by atoms with Gasteiger partial charge < -0.3 is 4.90 Å². The molecule has 0 saturated carbocycles. The fourth-order valence-electron chi connectivity index (χ4n) is 0.429. The summed E-state index contributed by atoms with van der Waals surface area (Å²) in [6.07, 6.45) is 1.70. The van der Waals surface area contributed by atoms with Crippen molar-refractivity contribution >= 4 is 19.0 Å². The van der Waals surface area contributed by atoms with E-state index in [1.165, 1.54) is 0 Å². The van der Waals surface area contributed by atoms with Crippen molar-refractivity contribution in [3.05, 3.63) is 0 Å². The Morgan fingerprint density at radius 1 is 1.88 bits per heavy atom. The molecule has 0 fully saturated rings. The molecule has 0 aromatic carbocycles. The number of thiol groups is 1. The molecule has 1 aliphatic heterocycles. The molecule has 1 aliphatic rings. The van der Waals surface area contributed by atoms with Gasteiger partial charge in [0.15, 0.2) is 4.99 Å². The van der Waals surface area contributed by atoms with Crippen molar-refractivity contribution in [2.45, 2.75) is 11.9 Å². The second-order valence-electron chi connectivity index (χ2n) is 1.99. The van der Waals surface area contributed by atoms with Crippen LogP contribution in [0.1, 0.15) is 6.92 Å². The third-order valence-electron chi connectivity index (χ3n) is 1.19. The maximum absolute atomic E-state index is 4.23. The normalized spacial score (nSPS) is 35.6. The Morgan fingerprint density at radius 2 is 2.50 bits per heavy atom. The molecule has 0 aromatic rings. The summed E-state index contributed by atoms with van der Waals surface area (Å²) in [4.78, 5) is 1.59. The van der Waals surface area contributed by atoms with Gasteiger partial charge in [-0.25, -0.2) is 0 Å². The van der Waals surface area contributed by atoms with E-state index in [1.54, 1.807) is 6.34 Å². The van der Waals surface area contributed by atoms with Crippen LogP contribution >= 0.6 is 12.6 Å². The molecule has 1 rings (SSSR count). The first-order valence-electron chi connectivity index (χ1n) is 2.38. The molecule has 0 aromatic heterocycles. The average Bonchev–Trinajstić information content (AvgIpc) is 1.86. The van der Waals surface area contributed by atoms with Crippen molar-refractivity contribution in [2.75, 3.05) is 7.05 Å². The zero-order valence-corrected chi connectivity index (χ0v) is 5.81. The minimum absolute atomic E-state index is 0.292. The highest BCUT2D eigenvalue weighted by atomic mass is 32.1. The predicted octanol–water partition coefficient (Wildman–Crippen LogP) is 0.0682. The van der Waals surface area contributed by atoms with Gasteiger partial charge in [-0.15, -0.1) is 12.6 Å². The molecule has 0 bridgehead atoms. The summed E-state index contributed by atoms with van der Waals surface area (Å²) in [5.41, 5.74) is 2.81. The number of rotatable bonds is 0. The SMILES string of the molecule is CN1C=NNC1(C)S. The Bertz CT molecular complexity index is 120. The summed E-state index contributed by atoms with van der Waals surface area (Å²) >= 11 is 4.23. The van der Waals surface area contributed by atoms with Gasteiger partial charge in [-0.2, -0.15) is 5.10 Å². The fraction of sp³-hybridized carbons (Fsp3) is 0.750. The second-order valence-corrected chi connectivity index (χ2v) is 2.86. The van der Waals surface area contributed by atoms with E-state index in [-0.39, 0.29) is 4.99 Å². The molecule has 1 atom stereocenters. The number of hydrogen-bond acceptors (Lipinski definition) is 4. The summed E-state index contributed by atoms with van der Waals surface area (Å²) in [5.74, 6) is 0. The first kappa shape index (κ1) is 5.75. The van der Waals surface area contributed by atoms with Gasteiger partial charge in [0.2, 0.25) is 0 Å². The van der Waals surface area contributed by atoms with Crippen LogP contribution in [0.2, 0.25) is 0 Å². The van der Waals surface area contributed by atoms with Crippen LogP contribution in [0.5, 0.6) is 0 Å². The highest BCUT2D eigenvalue weighted by Crippen LogP contribution is 2.15. The number of nitrogens with zero attached hydrogens (tertiary/aromatic N) is 2. The molecule has 1 heterocycles. The van der Waals surface area contributed by atoms with Gasteiger partial charge in [0.1, 0.15) is 6.34 Å². The van der Waals surface area contributed by atoms with E-state index in [2.05, 4.69) is 23.2 Å². The fourth-order valence-corrected chi connectivity index (χ4v) is 0.538. The van der Waals surface area contributed by atoms with Crippen LogP contribution in [0.15, 0.2) is 5.10 Å². The van der Waals surface area contributed by atoms with Gasteiger partial charge in [0, 0.05) is 7.05 Å². The molecule has 1 unspecified atom stereocenters. The smallest absolute Gasteiger partial charge is 0.169 e. The van der Waals surface area contributed by atoms with Crippen molar-refractivity contribution in [1.29, 1.82) is 0 Å². The van der Waals surface area contributed by atoms with E-state index in [0.717, 1.165) is 0 Å². The van der Waals surface area contributed by atoms with Crippen molar-refractivity contribution in [3.8, 4) is 0 Å². The Kier molecular flexibility index (Phi) is 1.11. The maximum atomic E-state index is 4.23. The quantitative estimate of drug-likeness (QED) is 0.455. The predicted molar refractivity (Wildman–Crippen MR) is 36.8 cm³/mol. The molecule has 0 saturated heterocycles. The zero-order chi connectivity index (χ0) is 6.20. The topological polar surface area (TPSA) is 27.6 Å². The monoisotopic (exact) mass is 131 g/mol. The van der Waals surface area contributed by atoms with E-state index in [0.29, 0.717) is 0 Å². The van der Waals surface area contributed by atoms with Crippen LogP contribution in [0.25, 0.3) is 0 Å². The van der Waals surface area contributed by atoms with Crippen molar-refractivity contribution < 1.29 is 0 Å². The lowest BCUT2D eigenvalue weighted by Gasteiger charge is -2.25. The van der Waals surface area contributed by atoms with E-state index >= 15 is 0 Å². The van der Waals surface area contributed by atoms with Crippen LogP contribution in [0, 0.1) is 0 Å². The zero-order valence-electron chi connectivity index (χ0n) is 4.92. The summed E-state index contributed by atoms with van der Waals surface area (Å²) in [6.45, 7) is 1.93. The summed E-state index contributed by atoms with van der Waals surface area (Å²) in [7, 11) is 1.91. The minimum Gasteiger partial charge on any atom is -0.332 e. The molecule has 0 aliphatic carbocycles. The van der Waals surface area contributed by atoms with Gasteiger partial charge in [0.05, 0.1) is 0 Å². The molecular formula is C4H9N3S. The van der Waals surface area contributed by atoms with Crippen LogP contribution in [-0.2, 0) is 0 Å². The molecule has 3 nitrogen and oxygen atoms in total. The lowest BCUT2D eigenvalue weighted by atomic mass is 10.5. The second kappa shape index (κ2) is 1.55. The van der Waals surface area contributed by atoms with Crippen LogP contribution in [0.4, 0.5) is 0 Å². The average molecular weight is 131 g/mol. The van der Waals surface area contributed by atoms with Crippen molar-refractivity contribution in [1.82, 2.24) is 10.3 Å². The van der Waals surface area contributed by atoms with Gasteiger partial charge in [0.25, 0.3) is 0 Å². The van der Waals surface area contributed by atoms with Gasteiger partial charge >= 0.3 is 0 Å². The van der Waals surface area contributed by atoms with E-state index in [1.807, 2.05) is 18.9 Å². The number of hydrazone groups is 1. The first-order chi connectivity index (χ1) is 3.63. The van der Waals surface area contributed by atoms with E-state index in [4.69, 9.17) is 0 Å². The highest BCUT2D eigenvalue weighted by molar-refractivity contribution is 7.81. The third-order valence-corrected chi connectivity index (χ3v) is 1.61. The van der Waals surface area contributed by atoms with Crippen molar-refractivity contribution in [3.63, 3.8) is 0 Å². The Hall–Kier alpha value is -0.380. The van der Waals surface area contributed by atoms with Crippen LogP contribution < -0.4 is 5.43 Å². The molecule has 1 N–H and O–H groups in total. The van der Waals surface area contributed by atoms with Gasteiger partial charge in [-0.3, -0.25) is 5.43 Å². The molecular weight excluding hydrogens is 122 g/mol. The number of nitrogens with one attached hydrogen (secondary N) is 1. The summed E-state index contributed by atoms with van der Waals surface area (Å²) in [6, 6.07) is 0. The Labute approximate surface area is 54.2 Å². The minimum atomic E-state index is -0.292. The standard InChI is InChI=1S/C4H9N3S/c1-4(8)6-5-3-7(4)2/h3,6,8H,1-2H3. The molecule has 8 heavy (non-hydrogen) atoms. The highest BCUT2D eigenvalue weighted by Gasteiger charge is 2.25. The van der Waals surface area contributed by atoms with Crippen molar-refractivity contribution in [2.24, 2.45) is 5.10 Å².